The Morgan fingerprint density at radius 3 is 2.38 bits per heavy atom. The van der Waals surface area contributed by atoms with Gasteiger partial charge in [-0.2, -0.15) is 0 Å². The van der Waals surface area contributed by atoms with Crippen LogP contribution in [0.3, 0.4) is 0 Å². The molecule has 1 atom stereocenters. The number of hydrogen-bond acceptors (Lipinski definition) is 4. The van der Waals surface area contributed by atoms with Crippen LogP contribution in [0.25, 0.3) is 0 Å². The number of rotatable bonds is 4. The molecule has 2 fully saturated rings. The lowest BCUT2D eigenvalue weighted by molar-refractivity contribution is -0.141. The highest BCUT2D eigenvalue weighted by Gasteiger charge is 2.42. The number of carbonyl (C=O) groups excluding carboxylic acids is 3. The van der Waals surface area contributed by atoms with E-state index >= 15 is 0 Å². The van der Waals surface area contributed by atoms with Gasteiger partial charge in [-0.3, -0.25) is 24.6 Å². The molecule has 1 N–H and O–H groups in total. The first-order chi connectivity index (χ1) is 10.0. The molecule has 1 saturated heterocycles. The number of imide groups is 1. The summed E-state index contributed by atoms with van der Waals surface area (Å²) in [5, 5.41) is 2.92. The molecule has 0 aromatic heterocycles. The molecule has 1 unspecified atom stereocenters. The summed E-state index contributed by atoms with van der Waals surface area (Å²) in [6, 6.07) is -0.478. The molecule has 0 radical (unpaired) electrons. The third-order valence-corrected chi connectivity index (χ3v) is 4.37. The van der Waals surface area contributed by atoms with Crippen molar-refractivity contribution in [2.24, 2.45) is 0 Å². The maximum absolute atomic E-state index is 12.4. The van der Waals surface area contributed by atoms with Gasteiger partial charge in [-0.25, -0.2) is 0 Å². The molecule has 6 nitrogen and oxygen atoms in total. The van der Waals surface area contributed by atoms with Gasteiger partial charge in [0.25, 0.3) is 0 Å². The van der Waals surface area contributed by atoms with E-state index < -0.39 is 6.04 Å². The van der Waals surface area contributed by atoms with Crippen molar-refractivity contribution in [1.82, 2.24) is 15.1 Å². The first-order valence-electron chi connectivity index (χ1n) is 7.80. The van der Waals surface area contributed by atoms with E-state index in [0.717, 1.165) is 25.7 Å². The average molecular weight is 295 g/mol. The van der Waals surface area contributed by atoms with Gasteiger partial charge in [0, 0.05) is 20.1 Å². The monoisotopic (exact) mass is 295 g/mol. The standard InChI is InChI=1S/C15H25N3O3/c1-17(2)14(20)10-16-12-9-13(19)18(15(12)21)11-7-5-3-4-6-8-11/h11-12,16H,3-10H2,1-2H3. The van der Waals surface area contributed by atoms with E-state index in [1.807, 2.05) is 0 Å². The topological polar surface area (TPSA) is 69.7 Å². The number of nitrogens with zero attached hydrogens (tertiary/aromatic N) is 2. The molecular formula is C15H25N3O3. The first kappa shape index (κ1) is 15.9. The quantitative estimate of drug-likeness (QED) is 0.606. The fourth-order valence-corrected chi connectivity index (χ4v) is 3.08. The third kappa shape index (κ3) is 3.81. The zero-order valence-corrected chi connectivity index (χ0v) is 12.9. The van der Waals surface area contributed by atoms with Crippen LogP contribution in [0.5, 0.6) is 0 Å². The van der Waals surface area contributed by atoms with E-state index in [4.69, 9.17) is 0 Å². The van der Waals surface area contributed by atoms with Crippen molar-refractivity contribution >= 4 is 17.7 Å². The van der Waals surface area contributed by atoms with Crippen molar-refractivity contribution in [3.8, 4) is 0 Å². The number of carbonyl (C=O) groups is 3. The lowest BCUT2D eigenvalue weighted by Gasteiger charge is -2.25. The summed E-state index contributed by atoms with van der Waals surface area (Å²) in [5.74, 6) is -0.344. The highest BCUT2D eigenvalue weighted by molar-refractivity contribution is 6.06. The van der Waals surface area contributed by atoms with Gasteiger partial charge in [-0.15, -0.1) is 0 Å². The van der Waals surface area contributed by atoms with Gasteiger partial charge in [0.05, 0.1) is 19.0 Å². The number of hydrogen-bond donors (Lipinski definition) is 1. The van der Waals surface area contributed by atoms with E-state index in [1.165, 1.54) is 22.6 Å². The Morgan fingerprint density at radius 1 is 1.19 bits per heavy atom. The SMILES string of the molecule is CN(C)C(=O)CNC1CC(=O)N(C2CCCCCC2)C1=O. The van der Waals surface area contributed by atoms with Gasteiger partial charge in [-0.05, 0) is 12.8 Å². The number of nitrogens with one attached hydrogen (secondary N) is 1. The van der Waals surface area contributed by atoms with E-state index in [1.54, 1.807) is 14.1 Å². The number of amides is 3. The van der Waals surface area contributed by atoms with E-state index in [-0.39, 0.29) is 36.7 Å². The molecule has 0 bridgehead atoms. The van der Waals surface area contributed by atoms with Crippen LogP contribution in [-0.2, 0) is 14.4 Å². The minimum absolute atomic E-state index is 0.0591. The molecule has 0 spiro atoms. The highest BCUT2D eigenvalue weighted by Crippen LogP contribution is 2.26. The van der Waals surface area contributed by atoms with Gasteiger partial charge in [0.1, 0.15) is 0 Å². The van der Waals surface area contributed by atoms with Crippen molar-refractivity contribution in [3.63, 3.8) is 0 Å². The predicted molar refractivity (Wildman–Crippen MR) is 78.4 cm³/mol. The summed E-state index contributed by atoms with van der Waals surface area (Å²) in [4.78, 5) is 39.1. The predicted octanol–water partition coefficient (Wildman–Crippen LogP) is 0.515. The fraction of sp³-hybridized carbons (Fsp3) is 0.800. The summed E-state index contributed by atoms with van der Waals surface area (Å²) >= 11 is 0. The molecule has 1 aliphatic carbocycles. The smallest absolute Gasteiger partial charge is 0.247 e. The van der Waals surface area contributed by atoms with Crippen molar-refractivity contribution in [2.75, 3.05) is 20.6 Å². The van der Waals surface area contributed by atoms with Crippen LogP contribution < -0.4 is 5.32 Å². The Morgan fingerprint density at radius 2 is 1.81 bits per heavy atom. The summed E-state index contributed by atoms with van der Waals surface area (Å²) in [6.07, 6.45) is 6.55. The third-order valence-electron chi connectivity index (χ3n) is 4.37. The second kappa shape index (κ2) is 7.02. The van der Waals surface area contributed by atoms with Gasteiger partial charge in [-0.1, -0.05) is 25.7 Å². The van der Waals surface area contributed by atoms with Gasteiger partial charge in [0.2, 0.25) is 17.7 Å². The van der Waals surface area contributed by atoms with E-state index in [9.17, 15) is 14.4 Å². The molecule has 6 heteroatoms. The van der Waals surface area contributed by atoms with Crippen molar-refractivity contribution in [2.45, 2.75) is 57.0 Å². The van der Waals surface area contributed by atoms with Crippen LogP contribution in [0.2, 0.25) is 0 Å². The second-order valence-corrected chi connectivity index (χ2v) is 6.17. The van der Waals surface area contributed by atoms with Crippen LogP contribution in [0.4, 0.5) is 0 Å². The van der Waals surface area contributed by atoms with Crippen molar-refractivity contribution in [3.05, 3.63) is 0 Å². The second-order valence-electron chi connectivity index (χ2n) is 6.17. The van der Waals surface area contributed by atoms with Crippen molar-refractivity contribution < 1.29 is 14.4 Å². The van der Waals surface area contributed by atoms with Gasteiger partial charge < -0.3 is 4.90 Å². The summed E-state index contributed by atoms with van der Waals surface area (Å²) in [5.41, 5.74) is 0. The average Bonchev–Trinajstić information content (AvgIpc) is 2.63. The van der Waals surface area contributed by atoms with Crippen molar-refractivity contribution in [1.29, 1.82) is 0 Å². The molecule has 21 heavy (non-hydrogen) atoms. The Bertz CT molecular complexity index is 414. The Balaban J connectivity index is 1.94. The Labute approximate surface area is 125 Å². The minimum atomic E-state index is -0.537. The molecule has 2 aliphatic rings. The zero-order valence-electron chi connectivity index (χ0n) is 12.9. The normalized spacial score (nSPS) is 24.3. The summed E-state index contributed by atoms with van der Waals surface area (Å²) in [7, 11) is 3.34. The molecule has 0 aromatic carbocycles. The molecular weight excluding hydrogens is 270 g/mol. The zero-order chi connectivity index (χ0) is 15.4. The molecule has 2 rings (SSSR count). The fourth-order valence-electron chi connectivity index (χ4n) is 3.08. The molecule has 1 aliphatic heterocycles. The molecule has 1 saturated carbocycles. The highest BCUT2D eigenvalue weighted by atomic mass is 16.2. The van der Waals surface area contributed by atoms with Crippen LogP contribution >= 0.6 is 0 Å². The molecule has 0 aromatic rings. The molecule has 3 amide bonds. The van der Waals surface area contributed by atoms with E-state index in [0.29, 0.717) is 0 Å². The van der Waals surface area contributed by atoms with E-state index in [2.05, 4.69) is 5.32 Å². The molecule has 1 heterocycles. The summed E-state index contributed by atoms with van der Waals surface area (Å²) < 4.78 is 0. The minimum Gasteiger partial charge on any atom is -0.348 e. The van der Waals surface area contributed by atoms with Gasteiger partial charge >= 0.3 is 0 Å². The Hall–Kier alpha value is -1.43. The lowest BCUT2D eigenvalue weighted by Crippen LogP contribution is -2.46. The maximum atomic E-state index is 12.4. The maximum Gasteiger partial charge on any atom is 0.247 e. The van der Waals surface area contributed by atoms with Crippen LogP contribution in [-0.4, -0.2) is 60.2 Å². The number of likely N-dealkylation sites (tertiary alicyclic amines) is 1. The first-order valence-corrected chi connectivity index (χ1v) is 7.80. The lowest BCUT2D eigenvalue weighted by atomic mass is 10.1. The number of likely N-dealkylation sites (N-methyl/N-ethyl adjacent to an activating group) is 1. The van der Waals surface area contributed by atoms with Crippen LogP contribution in [0.1, 0.15) is 44.9 Å². The van der Waals surface area contributed by atoms with Crippen LogP contribution in [0, 0.1) is 0 Å². The van der Waals surface area contributed by atoms with Crippen LogP contribution in [0.15, 0.2) is 0 Å². The summed E-state index contributed by atoms with van der Waals surface area (Å²) in [6.45, 7) is 0.0925. The molecule has 118 valence electrons. The van der Waals surface area contributed by atoms with Gasteiger partial charge in [0.15, 0.2) is 0 Å². The Kier molecular flexibility index (Phi) is 5.33. The largest absolute Gasteiger partial charge is 0.348 e.